The number of anilines is 1. The second-order valence-electron chi connectivity index (χ2n) is 11.3. The van der Waals surface area contributed by atoms with Crippen molar-refractivity contribution in [3.8, 4) is 11.3 Å². The number of halogens is 2. The summed E-state index contributed by atoms with van der Waals surface area (Å²) in [5, 5.41) is 7.25. The lowest BCUT2D eigenvalue weighted by molar-refractivity contribution is -0.120. The number of amides is 2. The number of sulfone groups is 1. The number of nitrogens with one attached hydrogen (secondary N) is 1. The highest BCUT2D eigenvalue weighted by molar-refractivity contribution is 7.91. The van der Waals surface area contributed by atoms with Crippen LogP contribution in [0.25, 0.3) is 11.3 Å². The number of hydrogen-bond donors (Lipinski definition) is 1. The lowest BCUT2D eigenvalue weighted by atomic mass is 10.1. The molecule has 42 heavy (non-hydrogen) atoms. The van der Waals surface area contributed by atoms with Crippen LogP contribution >= 0.6 is 11.6 Å². The fraction of sp³-hybridized carbons (Fsp3) is 0.414. The van der Waals surface area contributed by atoms with Crippen LogP contribution in [0.15, 0.2) is 53.6 Å². The van der Waals surface area contributed by atoms with Crippen molar-refractivity contribution in [1.29, 1.82) is 0 Å². The van der Waals surface area contributed by atoms with Gasteiger partial charge < -0.3 is 19.7 Å². The SMILES string of the molecule is CC(C)(C)OC(=O)N[C@H]1CS(=O)(=O)c2cc(F)c(-c3ccnn3C3CCCCO3)cc2N(Cc2ccc(Cl)cc2)C1=O. The van der Waals surface area contributed by atoms with Gasteiger partial charge in [-0.05, 0) is 75.9 Å². The number of alkyl carbamates (subject to hydrolysis) is 1. The Balaban J connectivity index is 1.62. The zero-order valence-electron chi connectivity index (χ0n) is 23.5. The molecule has 1 saturated heterocycles. The molecular weight excluding hydrogens is 587 g/mol. The first-order chi connectivity index (χ1) is 19.8. The van der Waals surface area contributed by atoms with E-state index in [0.29, 0.717) is 29.3 Å². The van der Waals surface area contributed by atoms with Gasteiger partial charge in [0.05, 0.1) is 28.6 Å². The Kier molecular flexibility index (Phi) is 8.32. The number of benzene rings is 2. The Morgan fingerprint density at radius 3 is 2.60 bits per heavy atom. The second kappa shape index (κ2) is 11.7. The van der Waals surface area contributed by atoms with Crippen LogP contribution in [-0.4, -0.2) is 54.2 Å². The van der Waals surface area contributed by atoms with E-state index in [1.165, 1.54) is 17.2 Å². The van der Waals surface area contributed by atoms with Crippen molar-refractivity contribution in [1.82, 2.24) is 15.1 Å². The summed E-state index contributed by atoms with van der Waals surface area (Å²) in [4.78, 5) is 27.5. The summed E-state index contributed by atoms with van der Waals surface area (Å²) in [7, 11) is -4.26. The summed E-state index contributed by atoms with van der Waals surface area (Å²) in [6, 6.07) is 9.09. The Labute approximate surface area is 248 Å². The van der Waals surface area contributed by atoms with Crippen LogP contribution in [0.1, 0.15) is 51.8 Å². The molecule has 5 rings (SSSR count). The standard InChI is InChI=1S/C29H32ClFN4O6S/c1-29(2,3)41-28(37)33-22-17-42(38,39)25-15-21(31)20(23-11-12-32-35(23)26-6-4-5-13-40-26)14-24(25)34(27(22)36)16-18-7-9-19(30)10-8-18/h7-12,14-15,22,26H,4-6,13,16-17H2,1-3H3,(H,33,37)/t22-,26?/m0/s1. The molecule has 0 saturated carbocycles. The lowest BCUT2D eigenvalue weighted by Gasteiger charge is -2.27. The summed E-state index contributed by atoms with van der Waals surface area (Å²) >= 11 is 6.05. The van der Waals surface area contributed by atoms with E-state index in [1.807, 2.05) is 0 Å². The fourth-order valence-corrected chi connectivity index (χ4v) is 6.79. The average Bonchev–Trinajstić information content (AvgIpc) is 3.39. The minimum Gasteiger partial charge on any atom is -0.444 e. The number of aromatic nitrogens is 2. The molecule has 2 aliphatic rings. The topological polar surface area (TPSA) is 120 Å². The number of rotatable bonds is 5. The largest absolute Gasteiger partial charge is 0.444 e. The molecule has 0 bridgehead atoms. The smallest absolute Gasteiger partial charge is 0.408 e. The minimum atomic E-state index is -4.26. The summed E-state index contributed by atoms with van der Waals surface area (Å²) in [5.74, 6) is -2.27. The highest BCUT2D eigenvalue weighted by Crippen LogP contribution is 2.38. The number of carbonyl (C=O) groups excluding carboxylic acids is 2. The molecule has 0 radical (unpaired) electrons. The zero-order chi connectivity index (χ0) is 30.2. The molecule has 0 spiro atoms. The van der Waals surface area contributed by atoms with Gasteiger partial charge in [0.1, 0.15) is 17.5 Å². The molecule has 3 aromatic rings. The predicted octanol–water partition coefficient (Wildman–Crippen LogP) is 5.26. The highest BCUT2D eigenvalue weighted by Gasteiger charge is 2.40. The van der Waals surface area contributed by atoms with E-state index in [2.05, 4.69) is 10.4 Å². The Morgan fingerprint density at radius 2 is 1.93 bits per heavy atom. The lowest BCUT2D eigenvalue weighted by Crippen LogP contribution is -2.51. The van der Waals surface area contributed by atoms with Gasteiger partial charge in [0.2, 0.25) is 0 Å². The van der Waals surface area contributed by atoms with Gasteiger partial charge in [-0.15, -0.1) is 0 Å². The third-order valence-corrected chi connectivity index (χ3v) is 8.97. The van der Waals surface area contributed by atoms with E-state index in [1.54, 1.807) is 55.8 Å². The van der Waals surface area contributed by atoms with Gasteiger partial charge in [-0.1, -0.05) is 23.7 Å². The Bertz CT molecular complexity index is 1600. The first kappa shape index (κ1) is 30.0. The summed E-state index contributed by atoms with van der Waals surface area (Å²) in [6.45, 7) is 5.42. The minimum absolute atomic E-state index is 0.0165. The van der Waals surface area contributed by atoms with Crippen LogP contribution in [0.5, 0.6) is 0 Å². The van der Waals surface area contributed by atoms with Gasteiger partial charge in [-0.3, -0.25) is 4.79 Å². The normalized spacial score (nSPS) is 20.5. The summed E-state index contributed by atoms with van der Waals surface area (Å²) in [5.41, 5.74) is 0.179. The number of carbonyl (C=O) groups is 2. The van der Waals surface area contributed by atoms with E-state index in [4.69, 9.17) is 21.1 Å². The molecule has 1 N–H and O–H groups in total. The van der Waals surface area contributed by atoms with E-state index < -0.39 is 51.3 Å². The van der Waals surface area contributed by atoms with Crippen LogP contribution in [0.4, 0.5) is 14.9 Å². The van der Waals surface area contributed by atoms with Crippen LogP contribution < -0.4 is 10.2 Å². The van der Waals surface area contributed by atoms with Crippen LogP contribution in [0.3, 0.4) is 0 Å². The third kappa shape index (κ3) is 6.45. The molecular formula is C29H32ClFN4O6S. The van der Waals surface area contributed by atoms with Crippen molar-refractivity contribution in [3.05, 3.63) is 65.1 Å². The number of ether oxygens (including phenoxy) is 2. The van der Waals surface area contributed by atoms with Gasteiger partial charge in [-0.2, -0.15) is 5.10 Å². The van der Waals surface area contributed by atoms with E-state index in [0.717, 1.165) is 18.9 Å². The van der Waals surface area contributed by atoms with Gasteiger partial charge in [0.25, 0.3) is 5.91 Å². The molecule has 2 aliphatic heterocycles. The average molecular weight is 619 g/mol. The predicted molar refractivity (Wildman–Crippen MR) is 154 cm³/mol. The maximum atomic E-state index is 15.8. The molecule has 224 valence electrons. The molecule has 3 heterocycles. The van der Waals surface area contributed by atoms with Gasteiger partial charge in [0, 0.05) is 23.4 Å². The van der Waals surface area contributed by atoms with Crippen molar-refractivity contribution in [3.63, 3.8) is 0 Å². The molecule has 13 heteroatoms. The Morgan fingerprint density at radius 1 is 1.19 bits per heavy atom. The first-order valence-electron chi connectivity index (χ1n) is 13.6. The number of nitrogens with zero attached hydrogens (tertiary/aromatic N) is 3. The van der Waals surface area contributed by atoms with Crippen molar-refractivity contribution in [2.24, 2.45) is 0 Å². The fourth-order valence-electron chi connectivity index (χ4n) is 5.05. The first-order valence-corrected chi connectivity index (χ1v) is 15.6. The van der Waals surface area contributed by atoms with Crippen LogP contribution in [0, 0.1) is 5.82 Å². The molecule has 2 aromatic carbocycles. The van der Waals surface area contributed by atoms with E-state index >= 15 is 4.39 Å². The Hall–Kier alpha value is -3.48. The molecule has 0 aliphatic carbocycles. The maximum Gasteiger partial charge on any atom is 0.408 e. The van der Waals surface area contributed by atoms with Crippen molar-refractivity contribution < 1.29 is 31.9 Å². The number of fused-ring (bicyclic) bond motifs is 1. The molecule has 10 nitrogen and oxygen atoms in total. The quantitative estimate of drug-likeness (QED) is 0.414. The van der Waals surface area contributed by atoms with Crippen molar-refractivity contribution in [2.45, 2.75) is 69.3 Å². The second-order valence-corrected chi connectivity index (χ2v) is 13.8. The van der Waals surface area contributed by atoms with Crippen molar-refractivity contribution >= 4 is 39.1 Å². The third-order valence-electron chi connectivity index (χ3n) is 6.94. The molecule has 1 fully saturated rings. The van der Waals surface area contributed by atoms with E-state index in [-0.39, 0.29) is 22.7 Å². The van der Waals surface area contributed by atoms with Gasteiger partial charge in [-0.25, -0.2) is 22.3 Å². The summed E-state index contributed by atoms with van der Waals surface area (Å²) in [6.07, 6.45) is 2.70. The number of hydrogen-bond acceptors (Lipinski definition) is 7. The monoisotopic (exact) mass is 618 g/mol. The molecule has 2 atom stereocenters. The summed E-state index contributed by atoms with van der Waals surface area (Å²) < 4.78 is 55.8. The van der Waals surface area contributed by atoms with Crippen LogP contribution in [0.2, 0.25) is 5.02 Å². The van der Waals surface area contributed by atoms with Crippen LogP contribution in [-0.2, 0) is 30.7 Å². The molecule has 2 amide bonds. The maximum absolute atomic E-state index is 15.8. The van der Waals surface area contributed by atoms with Gasteiger partial charge >= 0.3 is 6.09 Å². The zero-order valence-corrected chi connectivity index (χ0v) is 25.0. The van der Waals surface area contributed by atoms with Crippen molar-refractivity contribution in [2.75, 3.05) is 17.3 Å². The van der Waals surface area contributed by atoms with E-state index in [9.17, 15) is 18.0 Å². The molecule has 1 aromatic heterocycles. The van der Waals surface area contributed by atoms with Gasteiger partial charge in [0.15, 0.2) is 16.1 Å². The molecule has 1 unspecified atom stereocenters. The highest BCUT2D eigenvalue weighted by atomic mass is 35.5.